The first-order chi connectivity index (χ1) is 12.1. The molecule has 0 N–H and O–H groups in total. The maximum absolute atomic E-state index is 12.7. The van der Waals surface area contributed by atoms with Crippen LogP contribution in [0.25, 0.3) is 0 Å². The van der Waals surface area contributed by atoms with Gasteiger partial charge in [0.2, 0.25) is 15.9 Å². The van der Waals surface area contributed by atoms with Gasteiger partial charge in [0.15, 0.2) is 0 Å². The largest absolute Gasteiger partial charge is 0.337 e. The fraction of sp³-hybridized carbons (Fsp3) is 0.278. The van der Waals surface area contributed by atoms with Crippen LogP contribution in [0.5, 0.6) is 0 Å². The second-order valence-electron chi connectivity index (χ2n) is 5.98. The summed E-state index contributed by atoms with van der Waals surface area (Å²) in [5, 5.41) is 1.01. The van der Waals surface area contributed by atoms with Crippen molar-refractivity contribution in [1.82, 2.24) is 4.90 Å². The number of rotatable bonds is 6. The van der Waals surface area contributed by atoms with Crippen molar-refractivity contribution in [2.45, 2.75) is 13.0 Å². The Morgan fingerprint density at radius 1 is 1.08 bits per heavy atom. The average Bonchev–Trinajstić information content (AvgIpc) is 2.57. The molecule has 0 heterocycles. The fourth-order valence-electron chi connectivity index (χ4n) is 2.45. The first-order valence-corrected chi connectivity index (χ1v) is 10.4. The molecule has 0 aliphatic heterocycles. The number of halogens is 2. The molecule has 2 aromatic carbocycles. The Morgan fingerprint density at radius 3 is 2.23 bits per heavy atom. The maximum Gasteiger partial charge on any atom is 0.243 e. The molecule has 0 radical (unpaired) electrons. The number of nitrogens with zero attached hydrogens (tertiary/aromatic N) is 2. The van der Waals surface area contributed by atoms with Crippen LogP contribution in [-0.2, 0) is 14.8 Å². The highest BCUT2D eigenvalue weighted by Gasteiger charge is 2.25. The summed E-state index contributed by atoms with van der Waals surface area (Å²) in [5.74, 6) is -0.335. The van der Waals surface area contributed by atoms with Gasteiger partial charge in [-0.1, -0.05) is 41.4 Å². The number of sulfonamides is 1. The van der Waals surface area contributed by atoms with Crippen LogP contribution in [0.3, 0.4) is 0 Å². The Bertz CT molecular complexity index is 886. The molecule has 0 saturated heterocycles. The van der Waals surface area contributed by atoms with Crippen LogP contribution in [0.15, 0.2) is 48.5 Å². The van der Waals surface area contributed by atoms with Crippen LogP contribution in [-0.4, -0.2) is 39.1 Å². The number of benzene rings is 2. The van der Waals surface area contributed by atoms with Gasteiger partial charge in [-0.15, -0.1) is 0 Å². The number of hydrogen-bond acceptors (Lipinski definition) is 3. The van der Waals surface area contributed by atoms with Gasteiger partial charge in [-0.2, -0.15) is 0 Å². The van der Waals surface area contributed by atoms with Gasteiger partial charge in [0.05, 0.1) is 18.0 Å². The molecular weight excluding hydrogens is 395 g/mol. The smallest absolute Gasteiger partial charge is 0.243 e. The highest BCUT2D eigenvalue weighted by atomic mass is 35.5. The molecule has 0 spiro atoms. The van der Waals surface area contributed by atoms with Crippen LogP contribution >= 0.6 is 23.2 Å². The van der Waals surface area contributed by atoms with Crippen molar-refractivity contribution < 1.29 is 13.2 Å². The van der Waals surface area contributed by atoms with Gasteiger partial charge < -0.3 is 4.90 Å². The van der Waals surface area contributed by atoms with Gasteiger partial charge in [0.25, 0.3) is 0 Å². The lowest BCUT2D eigenvalue weighted by atomic mass is 10.1. The summed E-state index contributed by atoms with van der Waals surface area (Å²) in [6.07, 6.45) is 1.06. The molecule has 26 heavy (non-hydrogen) atoms. The molecule has 0 aromatic heterocycles. The van der Waals surface area contributed by atoms with E-state index in [-0.39, 0.29) is 18.5 Å². The van der Waals surface area contributed by atoms with E-state index in [1.54, 1.807) is 37.4 Å². The second kappa shape index (κ2) is 8.29. The number of anilines is 1. The highest BCUT2D eigenvalue weighted by Crippen LogP contribution is 2.24. The van der Waals surface area contributed by atoms with Crippen LogP contribution in [0.4, 0.5) is 5.69 Å². The molecule has 0 aliphatic rings. The highest BCUT2D eigenvalue weighted by molar-refractivity contribution is 7.92. The van der Waals surface area contributed by atoms with Crippen molar-refractivity contribution >= 4 is 44.8 Å². The third-order valence-electron chi connectivity index (χ3n) is 4.10. The minimum atomic E-state index is -3.65. The minimum Gasteiger partial charge on any atom is -0.337 e. The van der Waals surface area contributed by atoms with E-state index in [0.29, 0.717) is 15.7 Å². The van der Waals surface area contributed by atoms with E-state index in [2.05, 4.69) is 0 Å². The van der Waals surface area contributed by atoms with E-state index >= 15 is 0 Å². The number of likely N-dealkylation sites (N-methyl/N-ethyl adjacent to an activating group) is 1. The van der Waals surface area contributed by atoms with E-state index in [1.807, 2.05) is 19.1 Å². The second-order valence-corrected chi connectivity index (χ2v) is 8.76. The third-order valence-corrected chi connectivity index (χ3v) is 5.73. The predicted octanol–water partition coefficient (Wildman–Crippen LogP) is 3.98. The molecule has 1 atom stereocenters. The van der Waals surface area contributed by atoms with E-state index in [9.17, 15) is 13.2 Å². The first kappa shape index (κ1) is 20.6. The lowest BCUT2D eigenvalue weighted by Crippen LogP contribution is -2.42. The topological polar surface area (TPSA) is 57.7 Å². The van der Waals surface area contributed by atoms with Crippen molar-refractivity contribution in [1.29, 1.82) is 0 Å². The Kier molecular flexibility index (Phi) is 6.55. The number of amides is 1. The summed E-state index contributed by atoms with van der Waals surface area (Å²) in [5.41, 5.74) is 1.25. The molecule has 2 aromatic rings. The van der Waals surface area contributed by atoms with Crippen LogP contribution in [0, 0.1) is 0 Å². The minimum absolute atomic E-state index is 0.236. The van der Waals surface area contributed by atoms with Crippen molar-refractivity contribution in [2.24, 2.45) is 0 Å². The first-order valence-electron chi connectivity index (χ1n) is 7.84. The van der Waals surface area contributed by atoms with Gasteiger partial charge >= 0.3 is 0 Å². The van der Waals surface area contributed by atoms with Crippen LogP contribution in [0.1, 0.15) is 18.5 Å². The zero-order chi connectivity index (χ0) is 19.5. The average molecular weight is 415 g/mol. The van der Waals surface area contributed by atoms with Crippen LogP contribution < -0.4 is 4.31 Å². The van der Waals surface area contributed by atoms with Crippen LogP contribution in [0.2, 0.25) is 10.0 Å². The molecule has 0 fully saturated rings. The van der Waals surface area contributed by atoms with E-state index in [1.165, 1.54) is 11.0 Å². The molecule has 8 heteroatoms. The quantitative estimate of drug-likeness (QED) is 0.717. The number of carbonyl (C=O) groups excluding carboxylic acids is 1. The van der Waals surface area contributed by atoms with E-state index < -0.39 is 10.0 Å². The van der Waals surface area contributed by atoms with Gasteiger partial charge in [-0.05, 0) is 42.8 Å². The molecule has 1 amide bonds. The number of hydrogen-bond donors (Lipinski definition) is 0. The molecule has 5 nitrogen and oxygen atoms in total. The summed E-state index contributed by atoms with van der Waals surface area (Å²) >= 11 is 11.8. The van der Waals surface area contributed by atoms with E-state index in [0.717, 1.165) is 16.1 Å². The van der Waals surface area contributed by atoms with Gasteiger partial charge in [-0.3, -0.25) is 9.10 Å². The Balaban J connectivity index is 2.22. The zero-order valence-corrected chi connectivity index (χ0v) is 17.0. The third kappa shape index (κ3) is 5.13. The van der Waals surface area contributed by atoms with Gasteiger partial charge in [0.1, 0.15) is 6.54 Å². The van der Waals surface area contributed by atoms with Gasteiger partial charge in [-0.25, -0.2) is 8.42 Å². The predicted molar refractivity (Wildman–Crippen MR) is 106 cm³/mol. The lowest BCUT2D eigenvalue weighted by Gasteiger charge is -2.29. The zero-order valence-electron chi connectivity index (χ0n) is 14.7. The monoisotopic (exact) mass is 414 g/mol. The SMILES string of the molecule is CC(c1ccc(Cl)cc1)N(C)C(=O)CN(c1cccc(Cl)c1)S(C)(=O)=O. The molecule has 2 rings (SSSR count). The summed E-state index contributed by atoms with van der Waals surface area (Å²) in [6.45, 7) is 1.55. The van der Waals surface area contributed by atoms with Crippen molar-refractivity contribution in [3.05, 3.63) is 64.1 Å². The Hall–Kier alpha value is -1.76. The summed E-state index contributed by atoms with van der Waals surface area (Å²) in [4.78, 5) is 14.2. The molecule has 0 aliphatic carbocycles. The molecule has 1 unspecified atom stereocenters. The summed E-state index contributed by atoms with van der Waals surface area (Å²) < 4.78 is 25.4. The molecule has 0 bridgehead atoms. The summed E-state index contributed by atoms with van der Waals surface area (Å²) in [6, 6.07) is 13.3. The van der Waals surface area contributed by atoms with E-state index in [4.69, 9.17) is 23.2 Å². The van der Waals surface area contributed by atoms with Gasteiger partial charge in [0, 0.05) is 17.1 Å². The van der Waals surface area contributed by atoms with Crippen molar-refractivity contribution in [3.8, 4) is 0 Å². The molecular formula is C18H20Cl2N2O3S. The maximum atomic E-state index is 12.7. The lowest BCUT2D eigenvalue weighted by molar-refractivity contribution is -0.130. The van der Waals surface area contributed by atoms with Crippen molar-refractivity contribution in [3.63, 3.8) is 0 Å². The summed E-state index contributed by atoms with van der Waals surface area (Å²) in [7, 11) is -2.01. The number of carbonyl (C=O) groups is 1. The molecule has 0 saturated carbocycles. The molecule has 140 valence electrons. The fourth-order valence-corrected chi connectivity index (χ4v) is 3.60. The standard InChI is InChI=1S/C18H20Cl2N2O3S/c1-13(14-7-9-15(19)10-8-14)21(2)18(23)12-22(26(3,24)25)17-6-4-5-16(20)11-17/h4-11,13H,12H2,1-3H3. The Morgan fingerprint density at radius 2 is 1.69 bits per heavy atom. The normalized spacial score (nSPS) is 12.5. The Labute approximate surface area is 164 Å². The van der Waals surface area contributed by atoms with Crippen molar-refractivity contribution in [2.75, 3.05) is 24.2 Å².